The molecule has 1 aliphatic rings. The predicted octanol–water partition coefficient (Wildman–Crippen LogP) is 4.58. The molecule has 1 N–H and O–H groups in total. The van der Waals surface area contributed by atoms with E-state index in [1.165, 1.54) is 0 Å². The van der Waals surface area contributed by atoms with E-state index in [1.807, 2.05) is 70.2 Å². The third kappa shape index (κ3) is 4.41. The zero-order valence-electron chi connectivity index (χ0n) is 17.2. The van der Waals surface area contributed by atoms with Crippen LogP contribution in [0.1, 0.15) is 50.8 Å². The number of hydrogen-bond donors (Lipinski definition) is 1. The first-order chi connectivity index (χ1) is 13.3. The molecule has 3 rings (SSSR count). The Bertz CT molecular complexity index is 846. The van der Waals surface area contributed by atoms with Crippen LogP contribution in [-0.4, -0.2) is 24.7 Å². The van der Waals surface area contributed by atoms with Crippen LogP contribution in [0.2, 0.25) is 0 Å². The van der Waals surface area contributed by atoms with Gasteiger partial charge in [-0.3, -0.25) is 4.79 Å². The molecular formula is C23H29NO4. The van der Waals surface area contributed by atoms with Gasteiger partial charge in [0, 0.05) is 18.1 Å². The van der Waals surface area contributed by atoms with Crippen molar-refractivity contribution in [3.05, 3.63) is 53.6 Å². The second-order valence-corrected chi connectivity index (χ2v) is 7.81. The molecule has 0 aromatic heterocycles. The SMILES string of the molecule is CC[C@@H](Oc1ccccc1C)C(=O)N[C@@H]1CC(C)(C)Oc2cc(OC)ccc21. The average Bonchev–Trinajstić information content (AvgIpc) is 2.65. The van der Waals surface area contributed by atoms with Gasteiger partial charge < -0.3 is 19.5 Å². The Morgan fingerprint density at radius 2 is 2.04 bits per heavy atom. The minimum atomic E-state index is -0.547. The third-order valence-corrected chi connectivity index (χ3v) is 5.02. The van der Waals surface area contributed by atoms with Crippen molar-refractivity contribution in [2.24, 2.45) is 0 Å². The van der Waals surface area contributed by atoms with Gasteiger partial charge in [0.25, 0.3) is 5.91 Å². The topological polar surface area (TPSA) is 56.8 Å². The first-order valence-electron chi connectivity index (χ1n) is 9.72. The number of fused-ring (bicyclic) bond motifs is 1. The molecule has 2 aromatic rings. The lowest BCUT2D eigenvalue weighted by Crippen LogP contribution is -2.45. The Balaban J connectivity index is 1.79. The summed E-state index contributed by atoms with van der Waals surface area (Å²) in [6, 6.07) is 13.3. The number of benzene rings is 2. The van der Waals surface area contributed by atoms with Crippen molar-refractivity contribution in [3.8, 4) is 17.2 Å². The van der Waals surface area contributed by atoms with E-state index < -0.39 is 11.7 Å². The molecule has 2 atom stereocenters. The van der Waals surface area contributed by atoms with E-state index in [-0.39, 0.29) is 11.9 Å². The van der Waals surface area contributed by atoms with E-state index in [4.69, 9.17) is 14.2 Å². The number of ether oxygens (including phenoxy) is 3. The number of rotatable bonds is 6. The Morgan fingerprint density at radius 1 is 1.29 bits per heavy atom. The molecule has 0 saturated heterocycles. The smallest absolute Gasteiger partial charge is 0.261 e. The van der Waals surface area contributed by atoms with E-state index in [2.05, 4.69) is 5.32 Å². The van der Waals surface area contributed by atoms with Gasteiger partial charge in [-0.1, -0.05) is 25.1 Å². The lowest BCUT2D eigenvalue weighted by molar-refractivity contribution is -0.129. The molecule has 28 heavy (non-hydrogen) atoms. The molecule has 1 heterocycles. The Morgan fingerprint density at radius 3 is 2.71 bits per heavy atom. The summed E-state index contributed by atoms with van der Waals surface area (Å²) in [4.78, 5) is 13.0. The highest BCUT2D eigenvalue weighted by Gasteiger charge is 2.36. The van der Waals surface area contributed by atoms with Crippen LogP contribution in [0, 0.1) is 6.92 Å². The molecule has 0 spiro atoms. The fourth-order valence-electron chi connectivity index (χ4n) is 3.52. The van der Waals surface area contributed by atoms with Crippen LogP contribution >= 0.6 is 0 Å². The van der Waals surface area contributed by atoms with Crippen LogP contribution in [0.5, 0.6) is 17.2 Å². The summed E-state index contributed by atoms with van der Waals surface area (Å²) >= 11 is 0. The summed E-state index contributed by atoms with van der Waals surface area (Å²) in [5, 5.41) is 3.17. The van der Waals surface area contributed by atoms with Crippen molar-refractivity contribution >= 4 is 5.91 Å². The summed E-state index contributed by atoms with van der Waals surface area (Å²) in [6.07, 6.45) is 0.718. The van der Waals surface area contributed by atoms with Crippen molar-refractivity contribution in [1.82, 2.24) is 5.32 Å². The number of nitrogens with one attached hydrogen (secondary N) is 1. The maximum atomic E-state index is 13.0. The number of amides is 1. The Hall–Kier alpha value is -2.69. The lowest BCUT2D eigenvalue weighted by Gasteiger charge is -2.38. The third-order valence-electron chi connectivity index (χ3n) is 5.02. The van der Waals surface area contributed by atoms with Crippen LogP contribution in [0.4, 0.5) is 0 Å². The molecule has 1 amide bonds. The largest absolute Gasteiger partial charge is 0.497 e. The molecule has 1 aliphatic heterocycles. The van der Waals surface area contributed by atoms with Crippen LogP contribution in [0.15, 0.2) is 42.5 Å². The van der Waals surface area contributed by atoms with Gasteiger partial charge in [0.15, 0.2) is 6.10 Å². The molecule has 0 saturated carbocycles. The maximum Gasteiger partial charge on any atom is 0.261 e. The lowest BCUT2D eigenvalue weighted by atomic mass is 9.89. The molecule has 5 nitrogen and oxygen atoms in total. The number of carbonyl (C=O) groups excluding carboxylic acids is 1. The van der Waals surface area contributed by atoms with E-state index in [0.717, 1.165) is 28.4 Å². The van der Waals surface area contributed by atoms with Crippen molar-refractivity contribution in [1.29, 1.82) is 0 Å². The van der Waals surface area contributed by atoms with Crippen LogP contribution in [-0.2, 0) is 4.79 Å². The number of carbonyl (C=O) groups is 1. The van der Waals surface area contributed by atoms with E-state index >= 15 is 0 Å². The van der Waals surface area contributed by atoms with Gasteiger partial charge >= 0.3 is 0 Å². The van der Waals surface area contributed by atoms with Crippen molar-refractivity contribution in [2.75, 3.05) is 7.11 Å². The van der Waals surface area contributed by atoms with Crippen molar-refractivity contribution in [2.45, 2.75) is 58.3 Å². The molecular weight excluding hydrogens is 354 g/mol. The van der Waals surface area contributed by atoms with Gasteiger partial charge in [-0.05, 0) is 51.0 Å². The minimum absolute atomic E-state index is 0.116. The van der Waals surface area contributed by atoms with E-state index in [0.29, 0.717) is 12.8 Å². The highest BCUT2D eigenvalue weighted by atomic mass is 16.5. The number of hydrogen-bond acceptors (Lipinski definition) is 4. The van der Waals surface area contributed by atoms with Gasteiger partial charge in [0.1, 0.15) is 22.8 Å². The quantitative estimate of drug-likeness (QED) is 0.793. The Labute approximate surface area is 167 Å². The first kappa shape index (κ1) is 20.1. The molecule has 0 radical (unpaired) electrons. The summed E-state index contributed by atoms with van der Waals surface area (Å²) in [5.41, 5.74) is 1.58. The minimum Gasteiger partial charge on any atom is -0.497 e. The summed E-state index contributed by atoms with van der Waals surface area (Å²) < 4.78 is 17.4. The fraction of sp³-hybridized carbons (Fsp3) is 0.435. The summed E-state index contributed by atoms with van der Waals surface area (Å²) in [7, 11) is 1.63. The van der Waals surface area contributed by atoms with Gasteiger partial charge in [-0.25, -0.2) is 0 Å². The van der Waals surface area contributed by atoms with Gasteiger partial charge in [0.2, 0.25) is 0 Å². The number of para-hydroxylation sites is 1. The molecule has 0 bridgehead atoms. The number of aryl methyl sites for hydroxylation is 1. The van der Waals surface area contributed by atoms with Crippen LogP contribution in [0.3, 0.4) is 0 Å². The first-order valence-corrected chi connectivity index (χ1v) is 9.72. The molecule has 0 unspecified atom stereocenters. The average molecular weight is 383 g/mol. The van der Waals surface area contributed by atoms with Crippen LogP contribution < -0.4 is 19.5 Å². The predicted molar refractivity (Wildman–Crippen MR) is 109 cm³/mol. The highest BCUT2D eigenvalue weighted by molar-refractivity contribution is 5.81. The van der Waals surface area contributed by atoms with E-state index in [1.54, 1.807) is 7.11 Å². The summed E-state index contributed by atoms with van der Waals surface area (Å²) in [5.74, 6) is 2.10. The standard InChI is InChI=1S/C23H29NO4/c1-6-19(27-20-10-8-7-9-15(20)2)22(25)24-18-14-23(3,4)28-21-13-16(26-5)11-12-17(18)21/h7-13,18-19H,6,14H2,1-5H3,(H,24,25)/t18-,19-/m1/s1. The molecule has 5 heteroatoms. The monoisotopic (exact) mass is 383 g/mol. The second-order valence-electron chi connectivity index (χ2n) is 7.81. The zero-order valence-corrected chi connectivity index (χ0v) is 17.2. The maximum absolute atomic E-state index is 13.0. The zero-order chi connectivity index (χ0) is 20.3. The number of methoxy groups -OCH3 is 1. The molecule has 2 aromatic carbocycles. The second kappa shape index (κ2) is 8.13. The van der Waals surface area contributed by atoms with Gasteiger partial charge in [0.05, 0.1) is 13.2 Å². The summed E-state index contributed by atoms with van der Waals surface area (Å²) in [6.45, 7) is 7.98. The Kier molecular flexibility index (Phi) is 5.82. The van der Waals surface area contributed by atoms with Crippen molar-refractivity contribution in [3.63, 3.8) is 0 Å². The van der Waals surface area contributed by atoms with E-state index in [9.17, 15) is 4.79 Å². The van der Waals surface area contributed by atoms with Gasteiger partial charge in [-0.15, -0.1) is 0 Å². The fourth-order valence-corrected chi connectivity index (χ4v) is 3.52. The molecule has 0 fully saturated rings. The van der Waals surface area contributed by atoms with Gasteiger partial charge in [-0.2, -0.15) is 0 Å². The highest BCUT2D eigenvalue weighted by Crippen LogP contribution is 2.41. The molecule has 150 valence electrons. The normalized spacial score (nSPS) is 18.4. The molecule has 0 aliphatic carbocycles. The van der Waals surface area contributed by atoms with Crippen molar-refractivity contribution < 1.29 is 19.0 Å². The van der Waals surface area contributed by atoms with Crippen LogP contribution in [0.25, 0.3) is 0 Å².